The van der Waals surface area contributed by atoms with Crippen molar-refractivity contribution >= 4 is 76.0 Å². The molecular formula is C93H112Cl3N9O22. The zero-order chi connectivity index (χ0) is 91.4. The highest BCUT2D eigenvalue weighted by atomic mass is 35.5. The predicted molar refractivity (Wildman–Crippen MR) is 464 cm³/mol. The summed E-state index contributed by atoms with van der Waals surface area (Å²) in [5.74, 6) is -7.55. The van der Waals surface area contributed by atoms with Crippen LogP contribution in [0.2, 0.25) is 0 Å². The van der Waals surface area contributed by atoms with Gasteiger partial charge in [0.05, 0.1) is 56.3 Å². The lowest BCUT2D eigenvalue weighted by Gasteiger charge is -2.60. The molecule has 6 heterocycles. The average Bonchev–Trinajstić information content (AvgIpc) is 1.51. The van der Waals surface area contributed by atoms with E-state index < -0.39 is 161 Å². The Hall–Kier alpha value is -9.34. The number of nitrogens with zero attached hydrogens (tertiary/aromatic N) is 9. The highest BCUT2D eigenvalue weighted by Crippen LogP contribution is 2.75. The average molecular weight is 1810 g/mol. The molecule has 0 saturated heterocycles. The van der Waals surface area contributed by atoms with Gasteiger partial charge in [0.25, 0.3) is 0 Å². The first-order chi connectivity index (χ1) is 60.2. The van der Waals surface area contributed by atoms with Crippen LogP contribution in [-0.4, -0.2) is 182 Å². The van der Waals surface area contributed by atoms with Crippen LogP contribution in [0.1, 0.15) is 146 Å². The summed E-state index contributed by atoms with van der Waals surface area (Å²) in [6, 6.07) is 26.3. The highest BCUT2D eigenvalue weighted by molar-refractivity contribution is 6.27. The van der Waals surface area contributed by atoms with Gasteiger partial charge >= 0.3 is 58.0 Å². The fourth-order valence-corrected chi connectivity index (χ4v) is 27.1. The summed E-state index contributed by atoms with van der Waals surface area (Å²) in [5.41, 5.74) is -10.6. The fourth-order valence-electron chi connectivity index (χ4n) is 26.9. The van der Waals surface area contributed by atoms with Crippen LogP contribution in [0, 0.1) is 85.8 Å². The number of methoxy groups -OCH3 is 1. The first kappa shape index (κ1) is 91.0. The number of aliphatic hydroxyl groups is 4. The van der Waals surface area contributed by atoms with Crippen molar-refractivity contribution in [3.05, 3.63) is 189 Å². The number of aliphatic hydroxyl groups excluding tert-OH is 1. The van der Waals surface area contributed by atoms with Gasteiger partial charge in [0.2, 0.25) is 5.78 Å². The quantitative estimate of drug-likeness (QED) is 0.0359. The second kappa shape index (κ2) is 32.9. The van der Waals surface area contributed by atoms with E-state index in [9.17, 15) is 82.8 Å². The van der Waals surface area contributed by atoms with Crippen molar-refractivity contribution in [3.8, 4) is 17.1 Å². The maximum atomic E-state index is 14.2. The Balaban J connectivity index is 0.000000140. The number of carbonyl (C=O) groups excluding carboxylic acids is 7. The van der Waals surface area contributed by atoms with Gasteiger partial charge in [-0.2, -0.15) is 0 Å². The number of hydrogen-bond acceptors (Lipinski definition) is 22. The number of benzene rings is 3. The van der Waals surface area contributed by atoms with Gasteiger partial charge in [0.15, 0.2) is 17.7 Å². The van der Waals surface area contributed by atoms with Gasteiger partial charge in [-0.1, -0.05) is 135 Å². The normalized spacial score (nSPS) is 37.2. The van der Waals surface area contributed by atoms with E-state index in [1.807, 2.05) is 71.9 Å². The first-order valence-electron chi connectivity index (χ1n) is 44.1. The molecule has 3 aromatic carbocycles. The van der Waals surface area contributed by atoms with Gasteiger partial charge in [0, 0.05) is 52.9 Å². The monoisotopic (exact) mass is 1810 g/mol. The summed E-state index contributed by atoms with van der Waals surface area (Å²) >= 11 is 17.6. The molecule has 0 radical (unpaired) electrons. The maximum Gasteiger partial charge on any atom is 0.352 e. The van der Waals surface area contributed by atoms with Crippen molar-refractivity contribution in [2.24, 2.45) is 85.8 Å². The van der Waals surface area contributed by atoms with E-state index in [2.05, 4.69) is 6.92 Å². The van der Waals surface area contributed by atoms with Crippen LogP contribution in [0.15, 0.2) is 155 Å². The molecule has 9 aliphatic carbocycles. The van der Waals surface area contributed by atoms with E-state index in [1.54, 1.807) is 92.7 Å². The topological polar surface area (TPSA) is 393 Å². The zero-order valence-electron chi connectivity index (χ0n) is 73.2. The van der Waals surface area contributed by atoms with Crippen molar-refractivity contribution in [2.75, 3.05) is 24.7 Å². The minimum atomic E-state index is -1.96. The third-order valence-electron chi connectivity index (χ3n) is 34.2. The Morgan fingerprint density at radius 2 is 0.677 bits per heavy atom. The van der Waals surface area contributed by atoms with E-state index in [0.717, 1.165) is 32.3 Å². The summed E-state index contributed by atoms with van der Waals surface area (Å²) in [5, 5.41) is 49.2. The molecule has 31 nitrogen and oxygen atoms in total. The minimum Gasteiger partial charge on any atom is -0.461 e. The molecule has 0 unspecified atom stereocenters. The summed E-state index contributed by atoms with van der Waals surface area (Å²) in [6.45, 7) is 19.6. The number of halogens is 3. The number of hydrogen-bond donors (Lipinski definition) is 4. The number of esters is 4. The Labute approximate surface area is 746 Å². The molecule has 3 aliphatic heterocycles. The number of fused-ring (bicyclic) bond motifs is 3. The van der Waals surface area contributed by atoms with Crippen molar-refractivity contribution < 1.29 is 77.7 Å². The van der Waals surface area contributed by atoms with Crippen molar-refractivity contribution in [2.45, 2.75) is 239 Å². The third kappa shape index (κ3) is 12.9. The van der Waals surface area contributed by atoms with Gasteiger partial charge < -0.3 is 44.1 Å². The summed E-state index contributed by atoms with van der Waals surface area (Å²) in [7, 11) is 1.49. The number of rotatable bonds is 14. The molecule has 34 heteroatoms. The van der Waals surface area contributed by atoms with E-state index in [0.29, 0.717) is 68.4 Å². The van der Waals surface area contributed by atoms with Gasteiger partial charge in [-0.05, 0) is 177 Å². The molecule has 127 heavy (non-hydrogen) atoms. The molecule has 0 amide bonds. The van der Waals surface area contributed by atoms with Crippen LogP contribution in [0.3, 0.4) is 0 Å². The van der Waals surface area contributed by atoms with Gasteiger partial charge in [-0.15, -0.1) is 34.8 Å². The Bertz CT molecular complexity index is 5940. The molecule has 4 N–H and O–H groups in total. The summed E-state index contributed by atoms with van der Waals surface area (Å²) < 4.78 is 41.2. The SMILES string of the molecule is CC(=O)O[C@H]1C[C@@]23CC[C@@H](C)[C@@](C)([C@H](OC(=O)CCl)C[C@@H](C4=CCn5c(=O)n(-c6ccccc6)c(=O)n5C4)[C@@H]2C)[C@]3(O)C1=O.CO[C@H]1C[C@@]23CC[C@@H](C)[C@@](C)([C@H](OC(=O)CCl)C[C@@H](C4=CCn5c(=O)n(-c6ccccc6)c(=O)n5C4)[C@@H]2C)[C@]3(O)C1=O.C[C@@H]1CC[C@@]23C[C@H](O)C(=O)[C@@]2(O)[C@]1(C)[C@H](OC(=O)CCl)C[C@@H](C1=CCn2c(=O)n(-c4ccccc4)c(=O)n2C1)[C@@H]3C. The van der Waals surface area contributed by atoms with E-state index >= 15 is 0 Å². The maximum absolute atomic E-state index is 14.2. The van der Waals surface area contributed by atoms with Crippen molar-refractivity contribution in [1.29, 1.82) is 0 Å². The lowest BCUT2D eigenvalue weighted by molar-refractivity contribution is -0.234. The smallest absolute Gasteiger partial charge is 0.352 e. The Morgan fingerprint density at radius 3 is 0.969 bits per heavy atom. The number of para-hydroxylation sites is 3. The lowest BCUT2D eigenvalue weighted by Crippen LogP contribution is -2.69. The van der Waals surface area contributed by atoms with Gasteiger partial charge in [0.1, 0.15) is 65.0 Å². The lowest BCUT2D eigenvalue weighted by atomic mass is 9.46. The van der Waals surface area contributed by atoms with Gasteiger partial charge in [-0.25, -0.2) is 70.6 Å². The Morgan fingerprint density at radius 1 is 0.402 bits per heavy atom. The zero-order valence-corrected chi connectivity index (χ0v) is 75.5. The minimum absolute atomic E-state index is 0.112. The van der Waals surface area contributed by atoms with Crippen LogP contribution in [0.4, 0.5) is 0 Å². The molecule has 12 aliphatic rings. The molecule has 6 aromatic rings. The number of allylic oxidation sites excluding steroid dienone is 6. The second-order valence-electron chi connectivity index (χ2n) is 38.5. The van der Waals surface area contributed by atoms with Crippen LogP contribution in [0.25, 0.3) is 17.1 Å². The summed E-state index contributed by atoms with van der Waals surface area (Å²) in [4.78, 5) is 173. The number of ketones is 3. The standard InChI is InChI=1S/C32H38ClN3O8.C31H38ClN3O7.C30H36ClN3O7/c1-18-10-12-31-15-24(43-20(3)37)27(39)32(31,42)30(18,4)25(44-26(38)16-33)14-23(19(31)2)21-11-13-34-28(40)36(29(41)35(34)17-21)22-8-6-5-7-9-22;1-18-10-12-30-15-23(41-4)26(37)31(30,40)29(18,3)24(42-25(36)16-32)14-22(19(30)2)20-11-13-33-27(38)35(28(39)34(33)17-20)21-8-6-5-7-9-21;1-17-9-11-29-14-22(35)25(37)30(29,40)28(17,3)23(41-24(36)15-31)13-21(18(29)2)19-10-12-32-26(38)34(27(39)33(32)16-19)20-7-5-4-6-8-20/h5-9,11,18-19,23-25,42H,10,12-17H2,1-4H3;5-9,11,18-19,22-24,40H,10,12-17H2,1-4H3;4-8,10,17-18,21-23,35,40H,9,11-16H2,1-3H3/t18-,19+,23-,24+,25-,30+,31+,32-;18-,19+,22-,23+,24-,29+,30+,31-;17-,18+,21-,22+,23-,28+,29+,30-/m111/s1. The first-order valence-corrected chi connectivity index (χ1v) is 45.8. The van der Waals surface area contributed by atoms with Crippen LogP contribution in [-0.2, 0) is 96.5 Å². The molecule has 3 aromatic heterocycles. The summed E-state index contributed by atoms with van der Waals surface area (Å²) in [6.07, 6.45) is 5.27. The van der Waals surface area contributed by atoms with Crippen LogP contribution >= 0.6 is 34.8 Å². The largest absolute Gasteiger partial charge is 0.461 e. The van der Waals surface area contributed by atoms with Gasteiger partial charge in [-0.3, -0.25) is 33.6 Å². The predicted octanol–water partition coefficient (Wildman–Crippen LogP) is 7.33. The van der Waals surface area contributed by atoms with Crippen LogP contribution in [0.5, 0.6) is 0 Å². The highest BCUT2D eigenvalue weighted by Gasteiger charge is 2.82. The van der Waals surface area contributed by atoms with Crippen molar-refractivity contribution in [1.82, 2.24) is 41.8 Å². The number of carbonyl (C=O) groups is 7. The molecular weight excluding hydrogens is 1700 g/mol. The molecule has 0 spiro atoms. The molecule has 682 valence electrons. The molecule has 9 saturated carbocycles. The number of alkyl halides is 3. The van der Waals surface area contributed by atoms with E-state index in [-0.39, 0.29) is 129 Å². The third-order valence-corrected chi connectivity index (χ3v) is 34.9. The van der Waals surface area contributed by atoms with E-state index in [4.69, 9.17) is 58.5 Å². The number of ether oxygens (including phenoxy) is 5. The number of Topliss-reactive ketones (excluding diaryl/α,β-unsaturated/α-hetero) is 3. The molecule has 18 rings (SSSR count). The van der Waals surface area contributed by atoms with Crippen LogP contribution < -0.4 is 34.1 Å². The second-order valence-corrected chi connectivity index (χ2v) is 39.3. The molecule has 6 bridgehead atoms. The molecule has 9 fully saturated rings. The Kier molecular flexibility index (Phi) is 23.6. The number of aromatic nitrogens is 9. The fraction of sp³-hybridized carbons (Fsp3) is 0.602. The van der Waals surface area contributed by atoms with E-state index in [1.165, 1.54) is 46.7 Å². The molecule has 24 atom stereocenters. The van der Waals surface area contributed by atoms with Crippen molar-refractivity contribution in [3.63, 3.8) is 0 Å².